The molecule has 0 bridgehead atoms. The molecule has 1 aromatic carbocycles. The number of morpholine rings is 1. The van der Waals surface area contributed by atoms with Crippen molar-refractivity contribution in [3.63, 3.8) is 0 Å². The maximum absolute atomic E-state index is 11.9. The van der Waals surface area contributed by atoms with E-state index >= 15 is 0 Å². The van der Waals surface area contributed by atoms with Gasteiger partial charge in [0.1, 0.15) is 19.3 Å². The second-order valence-corrected chi connectivity index (χ2v) is 4.41. The second-order valence-electron chi connectivity index (χ2n) is 4.41. The summed E-state index contributed by atoms with van der Waals surface area (Å²) in [5.41, 5.74) is 0.927. The van der Waals surface area contributed by atoms with Crippen molar-refractivity contribution in [2.75, 3.05) is 19.8 Å². The van der Waals surface area contributed by atoms with Crippen LogP contribution in [0.4, 0.5) is 0 Å². The van der Waals surface area contributed by atoms with Crippen molar-refractivity contribution >= 4 is 11.9 Å². The number of amides is 1. The summed E-state index contributed by atoms with van der Waals surface area (Å²) in [6, 6.07) is 8.88. The molecule has 5 heteroatoms. The van der Waals surface area contributed by atoms with Crippen LogP contribution < -0.4 is 0 Å². The molecular formula is C14H17NO4. The van der Waals surface area contributed by atoms with Crippen LogP contribution in [0.25, 0.3) is 0 Å². The quantitative estimate of drug-likeness (QED) is 0.760. The van der Waals surface area contributed by atoms with Gasteiger partial charge >= 0.3 is 5.97 Å². The van der Waals surface area contributed by atoms with E-state index in [2.05, 4.69) is 0 Å². The third-order valence-corrected chi connectivity index (χ3v) is 3.05. The Morgan fingerprint density at radius 3 is 2.84 bits per heavy atom. The zero-order valence-corrected chi connectivity index (χ0v) is 10.9. The van der Waals surface area contributed by atoms with Crippen molar-refractivity contribution in [1.82, 2.24) is 4.90 Å². The molecule has 1 atom stereocenters. The van der Waals surface area contributed by atoms with Crippen LogP contribution in [-0.2, 0) is 25.7 Å². The molecule has 102 valence electrons. The fraction of sp³-hybridized carbons (Fsp3) is 0.429. The van der Waals surface area contributed by atoms with E-state index in [1.807, 2.05) is 30.3 Å². The lowest BCUT2D eigenvalue weighted by molar-refractivity contribution is -0.160. The van der Waals surface area contributed by atoms with Gasteiger partial charge in [-0.15, -0.1) is 0 Å². The number of benzene rings is 1. The molecule has 1 unspecified atom stereocenters. The van der Waals surface area contributed by atoms with Crippen LogP contribution in [0.1, 0.15) is 12.5 Å². The zero-order valence-electron chi connectivity index (χ0n) is 10.9. The SMILES string of the molecule is CC(C(=O)OCc1ccccc1)N1CCOCC1=O. The fourth-order valence-electron chi connectivity index (χ4n) is 1.92. The summed E-state index contributed by atoms with van der Waals surface area (Å²) < 4.78 is 10.2. The number of carbonyl (C=O) groups is 2. The molecule has 0 N–H and O–H groups in total. The van der Waals surface area contributed by atoms with Gasteiger partial charge in [0.05, 0.1) is 6.61 Å². The minimum Gasteiger partial charge on any atom is -0.459 e. The van der Waals surface area contributed by atoms with Gasteiger partial charge in [-0.1, -0.05) is 30.3 Å². The predicted molar refractivity (Wildman–Crippen MR) is 68.2 cm³/mol. The van der Waals surface area contributed by atoms with E-state index in [-0.39, 0.29) is 25.1 Å². The Balaban J connectivity index is 1.87. The first-order valence-corrected chi connectivity index (χ1v) is 6.26. The molecule has 1 aliphatic rings. The lowest BCUT2D eigenvalue weighted by Gasteiger charge is -2.30. The summed E-state index contributed by atoms with van der Waals surface area (Å²) >= 11 is 0. The molecule has 1 heterocycles. The van der Waals surface area contributed by atoms with Gasteiger partial charge in [-0.2, -0.15) is 0 Å². The van der Waals surface area contributed by atoms with Crippen LogP contribution in [-0.4, -0.2) is 42.6 Å². The first-order valence-electron chi connectivity index (χ1n) is 6.26. The van der Waals surface area contributed by atoms with E-state index in [4.69, 9.17) is 9.47 Å². The monoisotopic (exact) mass is 263 g/mol. The summed E-state index contributed by atoms with van der Waals surface area (Å²) in [5, 5.41) is 0. The van der Waals surface area contributed by atoms with Crippen LogP contribution in [0.5, 0.6) is 0 Å². The minimum atomic E-state index is -0.569. The number of carbonyl (C=O) groups excluding carboxylic acids is 2. The van der Waals surface area contributed by atoms with Crippen molar-refractivity contribution in [2.24, 2.45) is 0 Å². The third-order valence-electron chi connectivity index (χ3n) is 3.05. The maximum Gasteiger partial charge on any atom is 0.328 e. The summed E-state index contributed by atoms with van der Waals surface area (Å²) in [4.78, 5) is 25.0. The zero-order chi connectivity index (χ0) is 13.7. The van der Waals surface area contributed by atoms with Crippen molar-refractivity contribution < 1.29 is 19.1 Å². The summed E-state index contributed by atoms with van der Waals surface area (Å²) in [6.45, 7) is 2.83. The first kappa shape index (κ1) is 13.5. The molecule has 1 aromatic rings. The van der Waals surface area contributed by atoms with Crippen molar-refractivity contribution in [3.8, 4) is 0 Å². The fourth-order valence-corrected chi connectivity index (χ4v) is 1.92. The minimum absolute atomic E-state index is 0.0380. The lowest BCUT2D eigenvalue weighted by atomic mass is 10.2. The molecule has 0 saturated carbocycles. The van der Waals surface area contributed by atoms with Gasteiger partial charge in [0.2, 0.25) is 5.91 Å². The van der Waals surface area contributed by atoms with Crippen LogP contribution >= 0.6 is 0 Å². The number of nitrogens with zero attached hydrogens (tertiary/aromatic N) is 1. The van der Waals surface area contributed by atoms with E-state index in [1.165, 1.54) is 4.90 Å². The van der Waals surface area contributed by atoms with Crippen molar-refractivity contribution in [3.05, 3.63) is 35.9 Å². The molecule has 0 radical (unpaired) electrons. The van der Waals surface area contributed by atoms with Gasteiger partial charge < -0.3 is 14.4 Å². The predicted octanol–water partition coefficient (Wildman–Crippen LogP) is 0.977. The molecule has 1 saturated heterocycles. The highest BCUT2D eigenvalue weighted by Gasteiger charge is 2.29. The highest BCUT2D eigenvalue weighted by Crippen LogP contribution is 2.08. The summed E-state index contributed by atoms with van der Waals surface area (Å²) in [7, 11) is 0. The summed E-state index contributed by atoms with van der Waals surface area (Å²) in [5.74, 6) is -0.561. The van der Waals surface area contributed by atoms with Crippen LogP contribution in [0.2, 0.25) is 0 Å². The molecule has 0 aliphatic carbocycles. The van der Waals surface area contributed by atoms with E-state index < -0.39 is 6.04 Å². The Kier molecular flexibility index (Phi) is 4.52. The largest absolute Gasteiger partial charge is 0.459 e. The molecule has 0 aromatic heterocycles. The molecule has 1 fully saturated rings. The molecular weight excluding hydrogens is 246 g/mol. The van der Waals surface area contributed by atoms with Crippen LogP contribution in [0.3, 0.4) is 0 Å². The van der Waals surface area contributed by atoms with Gasteiger partial charge in [0, 0.05) is 6.54 Å². The lowest BCUT2D eigenvalue weighted by Crippen LogP contribution is -2.50. The Morgan fingerprint density at radius 1 is 1.42 bits per heavy atom. The topological polar surface area (TPSA) is 55.8 Å². The van der Waals surface area contributed by atoms with Gasteiger partial charge in [-0.25, -0.2) is 4.79 Å². The first-order chi connectivity index (χ1) is 9.18. The third kappa shape index (κ3) is 3.54. The van der Waals surface area contributed by atoms with E-state index in [9.17, 15) is 9.59 Å². The van der Waals surface area contributed by atoms with Crippen LogP contribution in [0, 0.1) is 0 Å². The molecule has 1 aliphatic heterocycles. The molecule has 1 amide bonds. The Morgan fingerprint density at radius 2 is 2.16 bits per heavy atom. The Bertz CT molecular complexity index is 446. The smallest absolute Gasteiger partial charge is 0.328 e. The molecule has 19 heavy (non-hydrogen) atoms. The molecule has 2 rings (SSSR count). The van der Waals surface area contributed by atoms with Gasteiger partial charge in [0.15, 0.2) is 0 Å². The number of hydrogen-bond acceptors (Lipinski definition) is 4. The van der Waals surface area contributed by atoms with Crippen molar-refractivity contribution in [2.45, 2.75) is 19.6 Å². The normalized spacial score (nSPS) is 17.1. The number of rotatable bonds is 4. The van der Waals surface area contributed by atoms with Crippen LogP contribution in [0.15, 0.2) is 30.3 Å². The highest BCUT2D eigenvalue weighted by molar-refractivity contribution is 5.85. The second kappa shape index (κ2) is 6.33. The average molecular weight is 263 g/mol. The van der Waals surface area contributed by atoms with Gasteiger partial charge in [-0.3, -0.25) is 4.79 Å². The number of ether oxygens (including phenoxy) is 2. The Labute approximate surface area is 112 Å². The number of hydrogen-bond donors (Lipinski definition) is 0. The van der Waals surface area contributed by atoms with E-state index in [0.29, 0.717) is 13.2 Å². The van der Waals surface area contributed by atoms with Crippen molar-refractivity contribution in [1.29, 1.82) is 0 Å². The summed E-state index contributed by atoms with van der Waals surface area (Å²) in [6.07, 6.45) is 0. The Hall–Kier alpha value is -1.88. The maximum atomic E-state index is 11.9. The molecule has 5 nitrogen and oxygen atoms in total. The molecule has 0 spiro atoms. The van der Waals surface area contributed by atoms with E-state index in [0.717, 1.165) is 5.56 Å². The average Bonchev–Trinajstić information content (AvgIpc) is 2.45. The van der Waals surface area contributed by atoms with Gasteiger partial charge in [0.25, 0.3) is 0 Å². The standard InChI is InChI=1S/C14H17NO4/c1-11(15-7-8-18-10-13(15)16)14(17)19-9-12-5-3-2-4-6-12/h2-6,11H,7-10H2,1H3. The van der Waals surface area contributed by atoms with Gasteiger partial charge in [-0.05, 0) is 12.5 Å². The highest BCUT2D eigenvalue weighted by atomic mass is 16.5. The number of esters is 1. The van der Waals surface area contributed by atoms with E-state index in [1.54, 1.807) is 6.92 Å².